The Bertz CT molecular complexity index is 394. The van der Waals surface area contributed by atoms with Crippen LogP contribution in [-0.2, 0) is 0 Å². The van der Waals surface area contributed by atoms with Crippen molar-refractivity contribution in [3.8, 4) is 0 Å². The Balaban J connectivity index is 1.98. The average molecular weight is 236 g/mol. The Morgan fingerprint density at radius 1 is 1.56 bits per heavy atom. The van der Waals surface area contributed by atoms with E-state index in [0.717, 1.165) is 25.1 Å². The summed E-state index contributed by atoms with van der Waals surface area (Å²) in [6.45, 7) is 1.87. The molecule has 0 bridgehead atoms. The largest absolute Gasteiger partial charge is 0.399 e. The number of nitrogens with two attached hydrogens (primary N) is 1. The van der Waals surface area contributed by atoms with Crippen LogP contribution in [0.2, 0.25) is 0 Å². The van der Waals surface area contributed by atoms with Gasteiger partial charge in [0, 0.05) is 30.8 Å². The van der Waals surface area contributed by atoms with E-state index in [-0.39, 0.29) is 5.78 Å². The smallest absolute Gasteiger partial charge is 0.163 e. The average Bonchev–Trinajstić information content (AvgIpc) is 2.64. The molecule has 0 saturated carbocycles. The Morgan fingerprint density at radius 2 is 2.38 bits per heavy atom. The van der Waals surface area contributed by atoms with E-state index in [0.29, 0.717) is 18.0 Å². The van der Waals surface area contributed by atoms with E-state index >= 15 is 0 Å². The maximum Gasteiger partial charge on any atom is 0.163 e. The Morgan fingerprint density at radius 3 is 3.00 bits per heavy atom. The van der Waals surface area contributed by atoms with Gasteiger partial charge in [-0.3, -0.25) is 9.10 Å². The van der Waals surface area contributed by atoms with Crippen LogP contribution < -0.4 is 5.73 Å². The fourth-order valence-corrected chi connectivity index (χ4v) is 2.42. The summed E-state index contributed by atoms with van der Waals surface area (Å²) in [4.78, 5) is 12.0. The Kier molecular flexibility index (Phi) is 3.51. The first-order valence-electron chi connectivity index (χ1n) is 5.47. The number of nitrogen functional groups attached to an aromatic ring is 1. The van der Waals surface area contributed by atoms with Gasteiger partial charge >= 0.3 is 0 Å². The number of hydrogen-bond acceptors (Lipinski definition) is 4. The van der Waals surface area contributed by atoms with Crippen molar-refractivity contribution in [3.63, 3.8) is 0 Å². The molecule has 1 heterocycles. The molecule has 2 rings (SSSR count). The molecular formula is C12H16N2OS. The minimum absolute atomic E-state index is 0.181. The molecule has 1 aromatic rings. The van der Waals surface area contributed by atoms with Gasteiger partial charge < -0.3 is 5.73 Å². The van der Waals surface area contributed by atoms with E-state index in [1.807, 2.05) is 16.4 Å². The van der Waals surface area contributed by atoms with E-state index in [4.69, 9.17) is 5.73 Å². The highest BCUT2D eigenvalue weighted by Crippen LogP contribution is 2.22. The molecule has 3 nitrogen and oxygen atoms in total. The summed E-state index contributed by atoms with van der Waals surface area (Å²) in [7, 11) is 0. The lowest BCUT2D eigenvalue weighted by Gasteiger charge is -2.09. The number of rotatable bonds is 3. The van der Waals surface area contributed by atoms with Gasteiger partial charge in [-0.15, -0.1) is 0 Å². The molecule has 0 aliphatic carbocycles. The zero-order valence-electron chi connectivity index (χ0n) is 9.10. The van der Waals surface area contributed by atoms with Crippen molar-refractivity contribution in [3.05, 3.63) is 29.8 Å². The van der Waals surface area contributed by atoms with Gasteiger partial charge in [0.2, 0.25) is 0 Å². The number of benzene rings is 1. The van der Waals surface area contributed by atoms with Crippen LogP contribution in [0.4, 0.5) is 5.69 Å². The molecule has 0 spiro atoms. The van der Waals surface area contributed by atoms with E-state index in [1.54, 1.807) is 12.1 Å². The summed E-state index contributed by atoms with van der Waals surface area (Å²) in [5, 5.41) is 0. The first-order chi connectivity index (χ1) is 7.65. The van der Waals surface area contributed by atoms with Crippen molar-refractivity contribution in [1.29, 1.82) is 0 Å². The number of nitrogens with zero attached hydrogens (tertiary/aromatic N) is 1. The first-order valence-corrected chi connectivity index (χ1v) is 5.87. The molecule has 1 atom stereocenters. The highest BCUT2D eigenvalue weighted by atomic mass is 32.1. The summed E-state index contributed by atoms with van der Waals surface area (Å²) in [6, 6.07) is 7.19. The molecular weight excluding hydrogens is 220 g/mol. The molecule has 16 heavy (non-hydrogen) atoms. The molecule has 1 aliphatic rings. The van der Waals surface area contributed by atoms with Crippen LogP contribution in [0.1, 0.15) is 23.2 Å². The van der Waals surface area contributed by atoms with Crippen molar-refractivity contribution in [2.24, 2.45) is 5.92 Å². The van der Waals surface area contributed by atoms with Crippen LogP contribution in [0, 0.1) is 5.92 Å². The maximum absolute atomic E-state index is 12.0. The topological polar surface area (TPSA) is 46.3 Å². The van der Waals surface area contributed by atoms with Crippen molar-refractivity contribution < 1.29 is 4.79 Å². The van der Waals surface area contributed by atoms with Crippen LogP contribution in [0.15, 0.2) is 24.3 Å². The number of anilines is 1. The van der Waals surface area contributed by atoms with Crippen molar-refractivity contribution in [1.82, 2.24) is 4.31 Å². The molecule has 86 valence electrons. The minimum Gasteiger partial charge on any atom is -0.399 e. The highest BCUT2D eigenvalue weighted by Gasteiger charge is 2.23. The van der Waals surface area contributed by atoms with E-state index in [1.165, 1.54) is 0 Å². The van der Waals surface area contributed by atoms with Gasteiger partial charge in [0.05, 0.1) is 0 Å². The lowest BCUT2D eigenvalue weighted by Crippen LogP contribution is -2.12. The second-order valence-electron chi connectivity index (χ2n) is 4.32. The van der Waals surface area contributed by atoms with Gasteiger partial charge in [-0.2, -0.15) is 0 Å². The zero-order valence-corrected chi connectivity index (χ0v) is 9.99. The molecule has 1 aliphatic heterocycles. The zero-order chi connectivity index (χ0) is 11.5. The summed E-state index contributed by atoms with van der Waals surface area (Å²) in [5.74, 6) is 0.618. The number of Topliss-reactive ketones (excluding diaryl/α,β-unsaturated/α-hetero) is 1. The van der Waals surface area contributed by atoms with Gasteiger partial charge in [0.25, 0.3) is 0 Å². The minimum atomic E-state index is 0.181. The van der Waals surface area contributed by atoms with Gasteiger partial charge in [-0.25, -0.2) is 0 Å². The molecule has 1 saturated heterocycles. The van der Waals surface area contributed by atoms with Crippen LogP contribution in [0.25, 0.3) is 0 Å². The normalized spacial score (nSPS) is 21.2. The van der Waals surface area contributed by atoms with Gasteiger partial charge in [0.1, 0.15) is 0 Å². The number of thiol groups is 1. The molecule has 1 fully saturated rings. The molecule has 4 heteroatoms. The van der Waals surface area contributed by atoms with Gasteiger partial charge in [-0.05, 0) is 24.5 Å². The second kappa shape index (κ2) is 4.89. The predicted molar refractivity (Wildman–Crippen MR) is 68.5 cm³/mol. The molecule has 0 radical (unpaired) electrons. The maximum atomic E-state index is 12.0. The lowest BCUT2D eigenvalue weighted by molar-refractivity contribution is 0.0964. The lowest BCUT2D eigenvalue weighted by atomic mass is 9.97. The Hall–Kier alpha value is -1.00. The fourth-order valence-electron chi connectivity index (χ4n) is 2.07. The van der Waals surface area contributed by atoms with Gasteiger partial charge in [0.15, 0.2) is 5.78 Å². The summed E-state index contributed by atoms with van der Waals surface area (Å²) in [5.41, 5.74) is 7.02. The van der Waals surface area contributed by atoms with Crippen molar-refractivity contribution >= 4 is 24.3 Å². The number of ketones is 1. The van der Waals surface area contributed by atoms with Crippen molar-refractivity contribution in [2.45, 2.75) is 12.8 Å². The Labute approximate surface area is 101 Å². The first kappa shape index (κ1) is 11.5. The number of carbonyl (C=O) groups excluding carboxylic acids is 1. The highest BCUT2D eigenvalue weighted by molar-refractivity contribution is 7.77. The number of hydrogen-bond donors (Lipinski definition) is 2. The molecule has 1 unspecified atom stereocenters. The SMILES string of the molecule is Nc1cccc(C(=O)CC2CCN(S)C2)c1. The third-order valence-electron chi connectivity index (χ3n) is 2.95. The summed E-state index contributed by atoms with van der Waals surface area (Å²) < 4.78 is 1.97. The molecule has 2 N–H and O–H groups in total. The van der Waals surface area contributed by atoms with E-state index < -0.39 is 0 Å². The van der Waals surface area contributed by atoms with Crippen LogP contribution in [0.5, 0.6) is 0 Å². The third-order valence-corrected chi connectivity index (χ3v) is 3.31. The monoisotopic (exact) mass is 236 g/mol. The van der Waals surface area contributed by atoms with Crippen LogP contribution in [-0.4, -0.2) is 23.2 Å². The van der Waals surface area contributed by atoms with Crippen LogP contribution in [0.3, 0.4) is 0 Å². The third kappa shape index (κ3) is 2.77. The summed E-state index contributed by atoms with van der Waals surface area (Å²) >= 11 is 4.28. The van der Waals surface area contributed by atoms with E-state index in [2.05, 4.69) is 12.8 Å². The van der Waals surface area contributed by atoms with Crippen molar-refractivity contribution in [2.75, 3.05) is 18.8 Å². The van der Waals surface area contributed by atoms with E-state index in [9.17, 15) is 4.79 Å². The molecule has 0 amide bonds. The standard InChI is InChI=1S/C12H16N2OS/c13-11-3-1-2-10(7-11)12(15)6-9-4-5-14(16)8-9/h1-3,7,9,16H,4-6,8,13H2. The second-order valence-corrected chi connectivity index (χ2v) is 4.89. The molecule has 1 aromatic carbocycles. The number of carbonyl (C=O) groups is 1. The van der Waals surface area contributed by atoms with Crippen LogP contribution >= 0.6 is 12.8 Å². The molecule has 0 aromatic heterocycles. The quantitative estimate of drug-likeness (QED) is 0.479. The fraction of sp³-hybridized carbons (Fsp3) is 0.417. The van der Waals surface area contributed by atoms with Gasteiger partial charge in [-0.1, -0.05) is 24.9 Å². The summed E-state index contributed by atoms with van der Waals surface area (Å²) in [6.07, 6.45) is 1.65. The predicted octanol–water partition coefficient (Wildman–Crippen LogP) is 2.01.